The standard InChI is InChI=1S/C15H16N2O4/c1-20-11-6-3-8(7-12(11)21-2)14-16-10-5-4-9(15(18)19)13(10)17-14/h3,6-7,9H,4-5H2,1-2H3,(H,16,17)(H,18,19). The minimum atomic E-state index is -0.820. The van der Waals surface area contributed by atoms with E-state index < -0.39 is 11.9 Å². The summed E-state index contributed by atoms with van der Waals surface area (Å²) in [5.41, 5.74) is 2.39. The maximum absolute atomic E-state index is 11.2. The third kappa shape index (κ3) is 2.22. The topological polar surface area (TPSA) is 84.4 Å². The third-order valence-electron chi connectivity index (χ3n) is 3.78. The van der Waals surface area contributed by atoms with Gasteiger partial charge in [-0.05, 0) is 31.0 Å². The van der Waals surface area contributed by atoms with Crippen molar-refractivity contribution in [3.63, 3.8) is 0 Å². The molecule has 1 unspecified atom stereocenters. The van der Waals surface area contributed by atoms with Crippen molar-refractivity contribution in [1.29, 1.82) is 0 Å². The Morgan fingerprint density at radius 2 is 2.10 bits per heavy atom. The maximum Gasteiger partial charge on any atom is 0.312 e. The van der Waals surface area contributed by atoms with E-state index in [1.807, 2.05) is 12.1 Å². The van der Waals surface area contributed by atoms with Crippen molar-refractivity contribution in [2.75, 3.05) is 14.2 Å². The minimum absolute atomic E-state index is 0.509. The zero-order chi connectivity index (χ0) is 15.0. The van der Waals surface area contributed by atoms with Gasteiger partial charge in [-0.3, -0.25) is 4.79 Å². The smallest absolute Gasteiger partial charge is 0.312 e. The Labute approximate surface area is 121 Å². The molecule has 0 amide bonds. The van der Waals surface area contributed by atoms with Gasteiger partial charge in [0.2, 0.25) is 0 Å². The molecular formula is C15H16N2O4. The summed E-state index contributed by atoms with van der Waals surface area (Å²) < 4.78 is 10.5. The number of hydrogen-bond donors (Lipinski definition) is 2. The van der Waals surface area contributed by atoms with Gasteiger partial charge < -0.3 is 19.6 Å². The van der Waals surface area contributed by atoms with Gasteiger partial charge in [-0.15, -0.1) is 0 Å². The number of carboxylic acid groups (broad SMARTS) is 1. The summed E-state index contributed by atoms with van der Waals surface area (Å²) >= 11 is 0. The van der Waals surface area contributed by atoms with Crippen molar-refractivity contribution >= 4 is 5.97 Å². The van der Waals surface area contributed by atoms with Crippen molar-refractivity contribution in [3.05, 3.63) is 29.6 Å². The Morgan fingerprint density at radius 3 is 2.76 bits per heavy atom. The summed E-state index contributed by atoms with van der Waals surface area (Å²) in [6.07, 6.45) is 1.32. The number of aromatic nitrogens is 2. The number of methoxy groups -OCH3 is 2. The van der Waals surface area contributed by atoms with Crippen LogP contribution in [0, 0.1) is 0 Å². The largest absolute Gasteiger partial charge is 0.493 e. The second kappa shape index (κ2) is 5.12. The van der Waals surface area contributed by atoms with Crippen LogP contribution in [0.25, 0.3) is 11.4 Å². The summed E-state index contributed by atoms with van der Waals surface area (Å²) in [4.78, 5) is 18.9. The second-order valence-electron chi connectivity index (χ2n) is 4.95. The molecule has 110 valence electrons. The van der Waals surface area contributed by atoms with Gasteiger partial charge in [-0.2, -0.15) is 0 Å². The molecule has 1 aliphatic rings. The van der Waals surface area contributed by atoms with Gasteiger partial charge in [0.05, 0.1) is 19.9 Å². The first-order valence-electron chi connectivity index (χ1n) is 6.68. The first kappa shape index (κ1) is 13.5. The Morgan fingerprint density at radius 1 is 1.33 bits per heavy atom. The van der Waals surface area contributed by atoms with Gasteiger partial charge in [-0.25, -0.2) is 4.98 Å². The van der Waals surface area contributed by atoms with Gasteiger partial charge in [0.25, 0.3) is 0 Å². The SMILES string of the molecule is COc1ccc(-c2nc3c([nH]2)CCC3C(=O)O)cc1OC. The second-order valence-corrected chi connectivity index (χ2v) is 4.95. The monoisotopic (exact) mass is 288 g/mol. The summed E-state index contributed by atoms with van der Waals surface area (Å²) in [6.45, 7) is 0. The maximum atomic E-state index is 11.2. The lowest BCUT2D eigenvalue weighted by Crippen LogP contribution is -2.08. The number of nitrogens with zero attached hydrogens (tertiary/aromatic N) is 1. The number of aromatic amines is 1. The number of imidazole rings is 1. The quantitative estimate of drug-likeness (QED) is 0.901. The number of nitrogens with one attached hydrogen (secondary N) is 1. The van der Waals surface area contributed by atoms with E-state index in [1.165, 1.54) is 0 Å². The molecule has 2 N–H and O–H groups in total. The Bertz CT molecular complexity index is 693. The lowest BCUT2D eigenvalue weighted by atomic mass is 10.1. The highest BCUT2D eigenvalue weighted by molar-refractivity contribution is 5.77. The fourth-order valence-corrected chi connectivity index (χ4v) is 2.69. The highest BCUT2D eigenvalue weighted by Gasteiger charge is 2.32. The molecule has 0 saturated heterocycles. The van der Waals surface area contributed by atoms with E-state index in [2.05, 4.69) is 9.97 Å². The molecule has 0 aliphatic heterocycles. The number of aliphatic carboxylic acids is 1. The average molecular weight is 288 g/mol. The van der Waals surface area contributed by atoms with E-state index in [4.69, 9.17) is 9.47 Å². The predicted molar refractivity (Wildman–Crippen MR) is 75.8 cm³/mol. The average Bonchev–Trinajstić information content (AvgIpc) is 3.06. The van der Waals surface area contributed by atoms with Crippen LogP contribution in [0.1, 0.15) is 23.7 Å². The number of carboxylic acids is 1. The number of fused-ring (bicyclic) bond motifs is 1. The zero-order valence-corrected chi connectivity index (χ0v) is 11.8. The Balaban J connectivity index is 1.99. The number of hydrogen-bond acceptors (Lipinski definition) is 4. The highest BCUT2D eigenvalue weighted by Crippen LogP contribution is 2.36. The normalized spacial score (nSPS) is 16.6. The summed E-state index contributed by atoms with van der Waals surface area (Å²) in [5.74, 6) is 0.585. The number of benzene rings is 1. The predicted octanol–water partition coefficient (Wildman–Crippen LogP) is 2.21. The summed E-state index contributed by atoms with van der Waals surface area (Å²) in [7, 11) is 3.15. The molecule has 1 aliphatic carbocycles. The molecule has 1 heterocycles. The van der Waals surface area contributed by atoms with E-state index >= 15 is 0 Å². The van der Waals surface area contributed by atoms with Crippen LogP contribution in [-0.2, 0) is 11.2 Å². The van der Waals surface area contributed by atoms with Gasteiger partial charge in [0, 0.05) is 11.3 Å². The molecule has 0 spiro atoms. The number of carbonyl (C=O) groups is 1. The third-order valence-corrected chi connectivity index (χ3v) is 3.78. The van der Waals surface area contributed by atoms with Crippen LogP contribution in [0.2, 0.25) is 0 Å². The molecule has 1 aromatic carbocycles. The molecule has 6 nitrogen and oxygen atoms in total. The highest BCUT2D eigenvalue weighted by atomic mass is 16.5. The van der Waals surface area contributed by atoms with Crippen LogP contribution in [0.15, 0.2) is 18.2 Å². The Hall–Kier alpha value is -2.50. The molecule has 6 heteroatoms. The molecule has 1 aromatic heterocycles. The van der Waals surface area contributed by atoms with Gasteiger partial charge >= 0.3 is 5.97 Å². The van der Waals surface area contributed by atoms with Crippen LogP contribution in [-0.4, -0.2) is 35.3 Å². The van der Waals surface area contributed by atoms with Crippen molar-refractivity contribution in [2.24, 2.45) is 0 Å². The molecule has 0 saturated carbocycles. The zero-order valence-electron chi connectivity index (χ0n) is 11.8. The van der Waals surface area contributed by atoms with Crippen LogP contribution in [0.3, 0.4) is 0 Å². The van der Waals surface area contributed by atoms with E-state index in [9.17, 15) is 9.90 Å². The lowest BCUT2D eigenvalue weighted by Gasteiger charge is -2.08. The Kier molecular flexibility index (Phi) is 3.29. The molecule has 0 radical (unpaired) electrons. The molecule has 1 atom stereocenters. The molecule has 0 fully saturated rings. The van der Waals surface area contributed by atoms with Crippen molar-refractivity contribution in [2.45, 2.75) is 18.8 Å². The van der Waals surface area contributed by atoms with Gasteiger partial charge in [-0.1, -0.05) is 0 Å². The van der Waals surface area contributed by atoms with Crippen molar-refractivity contribution in [3.8, 4) is 22.9 Å². The fourth-order valence-electron chi connectivity index (χ4n) is 2.69. The number of rotatable bonds is 4. The van der Waals surface area contributed by atoms with Crippen molar-refractivity contribution < 1.29 is 19.4 Å². The van der Waals surface area contributed by atoms with Crippen LogP contribution in [0.5, 0.6) is 11.5 Å². The van der Waals surface area contributed by atoms with Crippen LogP contribution < -0.4 is 9.47 Å². The van der Waals surface area contributed by atoms with Crippen LogP contribution in [0.4, 0.5) is 0 Å². The number of aryl methyl sites for hydroxylation is 1. The first-order valence-corrected chi connectivity index (χ1v) is 6.68. The first-order chi connectivity index (χ1) is 10.1. The lowest BCUT2D eigenvalue weighted by molar-refractivity contribution is -0.138. The molecule has 3 rings (SSSR count). The van der Waals surface area contributed by atoms with E-state index in [-0.39, 0.29) is 0 Å². The number of H-pyrrole nitrogens is 1. The van der Waals surface area contributed by atoms with Gasteiger partial charge in [0.1, 0.15) is 11.7 Å². The number of ether oxygens (including phenoxy) is 2. The summed E-state index contributed by atoms with van der Waals surface area (Å²) in [5, 5.41) is 9.20. The van der Waals surface area contributed by atoms with Gasteiger partial charge in [0.15, 0.2) is 11.5 Å². The van der Waals surface area contributed by atoms with Crippen LogP contribution >= 0.6 is 0 Å². The fraction of sp³-hybridized carbons (Fsp3) is 0.333. The molecule has 2 aromatic rings. The van der Waals surface area contributed by atoms with Crippen molar-refractivity contribution in [1.82, 2.24) is 9.97 Å². The van der Waals surface area contributed by atoms with E-state index in [0.29, 0.717) is 35.9 Å². The van der Waals surface area contributed by atoms with E-state index in [1.54, 1.807) is 20.3 Å². The summed E-state index contributed by atoms with van der Waals surface area (Å²) in [6, 6.07) is 5.49. The minimum Gasteiger partial charge on any atom is -0.493 e. The molecule has 21 heavy (non-hydrogen) atoms. The van der Waals surface area contributed by atoms with E-state index in [0.717, 1.165) is 11.3 Å². The molecule has 0 bridgehead atoms. The molecular weight excluding hydrogens is 272 g/mol.